The summed E-state index contributed by atoms with van der Waals surface area (Å²) in [6.07, 6.45) is 2.39. The number of hydrogen-bond donors (Lipinski definition) is 1. The van der Waals surface area contributed by atoms with Crippen LogP contribution in [-0.4, -0.2) is 34.7 Å². The Hall–Kier alpha value is -2.66. The molecule has 2 aromatic carbocycles. The minimum Gasteiger partial charge on any atom is -0.337 e. The molecule has 27 heavy (non-hydrogen) atoms. The summed E-state index contributed by atoms with van der Waals surface area (Å²) in [5.74, 6) is 1.27. The van der Waals surface area contributed by atoms with E-state index in [1.807, 2.05) is 30.3 Å². The molecule has 0 bridgehead atoms. The number of anilines is 1. The summed E-state index contributed by atoms with van der Waals surface area (Å²) in [7, 11) is 0. The van der Waals surface area contributed by atoms with Crippen molar-refractivity contribution < 1.29 is 4.52 Å². The zero-order chi connectivity index (χ0) is 18.5. The number of hydrogen-bond acceptors (Lipinski definition) is 5. The Bertz CT molecular complexity index is 854. The fraction of sp³-hybridized carbons (Fsp3) is 0.364. The van der Waals surface area contributed by atoms with Crippen molar-refractivity contribution in [1.82, 2.24) is 15.0 Å². The fourth-order valence-electron chi connectivity index (χ4n) is 3.61. The van der Waals surface area contributed by atoms with Crippen molar-refractivity contribution in [1.29, 1.82) is 0 Å². The average molecular weight is 362 g/mol. The minimum absolute atomic E-state index is 0.510. The van der Waals surface area contributed by atoms with Gasteiger partial charge in [0.1, 0.15) is 0 Å². The van der Waals surface area contributed by atoms with Gasteiger partial charge in [0.05, 0.1) is 0 Å². The van der Waals surface area contributed by atoms with Gasteiger partial charge in [-0.15, -0.1) is 0 Å². The van der Waals surface area contributed by atoms with Crippen LogP contribution in [-0.2, 0) is 6.54 Å². The highest BCUT2D eigenvalue weighted by Crippen LogP contribution is 2.22. The number of rotatable bonds is 6. The van der Waals surface area contributed by atoms with E-state index in [1.165, 1.54) is 24.0 Å². The molecule has 0 spiro atoms. The number of aryl methyl sites for hydroxylation is 1. The van der Waals surface area contributed by atoms with Gasteiger partial charge in [-0.3, -0.25) is 4.90 Å². The molecule has 1 aromatic heterocycles. The van der Waals surface area contributed by atoms with Crippen LogP contribution in [0.15, 0.2) is 59.1 Å². The van der Waals surface area contributed by atoms with Gasteiger partial charge in [-0.2, -0.15) is 4.98 Å². The smallest absolute Gasteiger partial charge is 0.321 e. The van der Waals surface area contributed by atoms with E-state index in [0.29, 0.717) is 17.8 Å². The second kappa shape index (κ2) is 8.35. The summed E-state index contributed by atoms with van der Waals surface area (Å²) in [5, 5.41) is 7.38. The zero-order valence-corrected chi connectivity index (χ0v) is 15.8. The van der Waals surface area contributed by atoms with Crippen LogP contribution in [0, 0.1) is 12.8 Å². The lowest BCUT2D eigenvalue weighted by Gasteiger charge is -2.32. The predicted octanol–water partition coefficient (Wildman–Crippen LogP) is 4.37. The molecular formula is C22H26N4O. The fourth-order valence-corrected chi connectivity index (χ4v) is 3.61. The molecule has 0 unspecified atom stereocenters. The monoisotopic (exact) mass is 362 g/mol. The number of nitrogens with one attached hydrogen (secondary N) is 1. The van der Waals surface area contributed by atoms with E-state index in [0.717, 1.165) is 31.7 Å². The van der Waals surface area contributed by atoms with Gasteiger partial charge in [-0.05, 0) is 49.9 Å². The largest absolute Gasteiger partial charge is 0.337 e. The van der Waals surface area contributed by atoms with Crippen LogP contribution < -0.4 is 5.32 Å². The van der Waals surface area contributed by atoms with E-state index in [1.54, 1.807) is 0 Å². The summed E-state index contributed by atoms with van der Waals surface area (Å²) in [6, 6.07) is 19.1. The molecule has 1 saturated heterocycles. The first-order chi connectivity index (χ1) is 13.3. The van der Waals surface area contributed by atoms with Gasteiger partial charge in [0.25, 0.3) is 0 Å². The third kappa shape index (κ3) is 4.55. The van der Waals surface area contributed by atoms with E-state index in [4.69, 9.17) is 4.52 Å². The lowest BCUT2D eigenvalue weighted by atomic mass is 9.96. The Morgan fingerprint density at radius 1 is 1.04 bits per heavy atom. The summed E-state index contributed by atoms with van der Waals surface area (Å²) in [4.78, 5) is 7.00. The number of piperidine rings is 1. The van der Waals surface area contributed by atoms with Crippen molar-refractivity contribution in [2.75, 3.05) is 25.0 Å². The second-order valence-electron chi connectivity index (χ2n) is 7.32. The van der Waals surface area contributed by atoms with Crippen molar-refractivity contribution in [3.8, 4) is 11.4 Å². The average Bonchev–Trinajstić information content (AvgIpc) is 3.19. The lowest BCUT2D eigenvalue weighted by molar-refractivity contribution is 0.181. The first-order valence-electron chi connectivity index (χ1n) is 9.68. The number of nitrogens with zero attached hydrogens (tertiary/aromatic N) is 3. The van der Waals surface area contributed by atoms with Crippen molar-refractivity contribution in [3.63, 3.8) is 0 Å². The summed E-state index contributed by atoms with van der Waals surface area (Å²) >= 11 is 0. The van der Waals surface area contributed by atoms with Crippen LogP contribution in [0.3, 0.4) is 0 Å². The molecule has 4 rings (SSSR count). The van der Waals surface area contributed by atoms with E-state index in [-0.39, 0.29) is 0 Å². The van der Waals surface area contributed by atoms with Gasteiger partial charge in [0.2, 0.25) is 5.82 Å². The van der Waals surface area contributed by atoms with E-state index >= 15 is 0 Å². The molecule has 5 nitrogen and oxygen atoms in total. The van der Waals surface area contributed by atoms with Crippen molar-refractivity contribution >= 4 is 6.01 Å². The Morgan fingerprint density at radius 3 is 2.56 bits per heavy atom. The zero-order valence-electron chi connectivity index (χ0n) is 15.8. The van der Waals surface area contributed by atoms with Crippen LogP contribution in [0.1, 0.15) is 24.0 Å². The molecular weight excluding hydrogens is 336 g/mol. The quantitative estimate of drug-likeness (QED) is 0.706. The summed E-state index contributed by atoms with van der Waals surface area (Å²) in [6.45, 7) is 6.41. The molecule has 1 fully saturated rings. The van der Waals surface area contributed by atoms with Crippen LogP contribution in [0.4, 0.5) is 6.01 Å². The van der Waals surface area contributed by atoms with Crippen LogP contribution in [0.25, 0.3) is 11.4 Å². The maximum atomic E-state index is 5.34. The Balaban J connectivity index is 1.24. The van der Waals surface area contributed by atoms with E-state index < -0.39 is 0 Å². The van der Waals surface area contributed by atoms with Crippen molar-refractivity contribution in [2.24, 2.45) is 5.92 Å². The molecule has 0 aliphatic carbocycles. The maximum Gasteiger partial charge on any atom is 0.321 e. The van der Waals surface area contributed by atoms with Gasteiger partial charge >= 0.3 is 6.01 Å². The minimum atomic E-state index is 0.510. The Labute approximate surface area is 160 Å². The van der Waals surface area contributed by atoms with Gasteiger partial charge < -0.3 is 9.84 Å². The molecule has 1 N–H and O–H groups in total. The highest BCUT2D eigenvalue weighted by Gasteiger charge is 2.20. The predicted molar refractivity (Wildman–Crippen MR) is 107 cm³/mol. The third-order valence-corrected chi connectivity index (χ3v) is 5.36. The van der Waals surface area contributed by atoms with Gasteiger partial charge in [0.15, 0.2) is 0 Å². The van der Waals surface area contributed by atoms with E-state index in [2.05, 4.69) is 51.5 Å². The van der Waals surface area contributed by atoms with Crippen LogP contribution >= 0.6 is 0 Å². The highest BCUT2D eigenvalue weighted by atomic mass is 16.5. The van der Waals surface area contributed by atoms with Gasteiger partial charge in [-0.1, -0.05) is 59.8 Å². The van der Waals surface area contributed by atoms with Crippen molar-refractivity contribution in [2.45, 2.75) is 26.3 Å². The van der Waals surface area contributed by atoms with E-state index in [9.17, 15) is 0 Å². The Kier molecular flexibility index (Phi) is 5.49. The second-order valence-corrected chi connectivity index (χ2v) is 7.32. The lowest BCUT2D eigenvalue weighted by Crippen LogP contribution is -2.35. The Morgan fingerprint density at radius 2 is 1.78 bits per heavy atom. The molecule has 0 radical (unpaired) electrons. The molecule has 140 valence electrons. The molecule has 0 atom stereocenters. The molecule has 5 heteroatoms. The van der Waals surface area contributed by atoms with Crippen molar-refractivity contribution in [3.05, 3.63) is 65.7 Å². The molecule has 1 aliphatic rings. The topological polar surface area (TPSA) is 54.2 Å². The molecule has 0 amide bonds. The van der Waals surface area contributed by atoms with Crippen LogP contribution in [0.2, 0.25) is 0 Å². The highest BCUT2D eigenvalue weighted by molar-refractivity contribution is 5.54. The number of likely N-dealkylation sites (tertiary alicyclic amines) is 1. The summed E-state index contributed by atoms with van der Waals surface area (Å²) in [5.41, 5.74) is 3.79. The van der Waals surface area contributed by atoms with Gasteiger partial charge in [-0.25, -0.2) is 0 Å². The first-order valence-corrected chi connectivity index (χ1v) is 9.68. The maximum absolute atomic E-state index is 5.34. The molecule has 1 aliphatic heterocycles. The molecule has 3 aromatic rings. The first kappa shape index (κ1) is 17.7. The number of benzene rings is 2. The molecule has 0 saturated carbocycles. The molecule has 2 heterocycles. The standard InChI is InChI=1S/C22H26N4O/c1-17-7-5-6-10-20(17)16-26-13-11-18(12-14-26)15-23-22-24-21(25-27-22)19-8-3-2-4-9-19/h2-10,18H,11-16H2,1H3,(H,23,24,25). The third-order valence-electron chi connectivity index (χ3n) is 5.36. The number of aromatic nitrogens is 2. The SMILES string of the molecule is Cc1ccccc1CN1CCC(CNc2nc(-c3ccccc3)no2)CC1. The van der Waals surface area contributed by atoms with Crippen LogP contribution in [0.5, 0.6) is 0 Å². The van der Waals surface area contributed by atoms with Gasteiger partial charge in [0, 0.05) is 18.7 Å². The normalized spacial score (nSPS) is 15.7. The summed E-state index contributed by atoms with van der Waals surface area (Å²) < 4.78 is 5.34.